The van der Waals surface area contributed by atoms with Crippen molar-refractivity contribution in [2.24, 2.45) is 11.8 Å². The molecule has 2 aliphatic rings. The molecule has 5 heteroatoms. The van der Waals surface area contributed by atoms with E-state index in [-0.39, 0.29) is 5.91 Å². The van der Waals surface area contributed by atoms with Crippen LogP contribution in [0, 0.1) is 11.8 Å². The third-order valence-corrected chi connectivity index (χ3v) is 4.62. The van der Waals surface area contributed by atoms with Crippen LogP contribution >= 0.6 is 0 Å². The van der Waals surface area contributed by atoms with Crippen LogP contribution < -0.4 is 5.32 Å². The molecule has 2 aromatic rings. The minimum atomic E-state index is 0.240. The van der Waals surface area contributed by atoms with Crippen molar-refractivity contribution < 1.29 is 4.79 Å². The summed E-state index contributed by atoms with van der Waals surface area (Å²) in [5.74, 6) is 1.55. The highest BCUT2D eigenvalue weighted by Crippen LogP contribution is 2.27. The molecular formula is C15H18N4O. The number of aromatic amines is 1. The lowest BCUT2D eigenvalue weighted by Gasteiger charge is -2.17. The smallest absolute Gasteiger partial charge is 0.227 e. The zero-order chi connectivity index (χ0) is 13.5. The Kier molecular flexibility index (Phi) is 2.73. The lowest BCUT2D eigenvalue weighted by molar-refractivity contribution is -0.129. The molecule has 5 nitrogen and oxygen atoms in total. The molecule has 1 amide bonds. The summed E-state index contributed by atoms with van der Waals surface area (Å²) in [6.07, 6.45) is 4.14. The first kappa shape index (κ1) is 11.9. The minimum Gasteiger partial charge on any atom is -0.346 e. The molecular weight excluding hydrogens is 252 g/mol. The van der Waals surface area contributed by atoms with Gasteiger partial charge in [0, 0.05) is 44.0 Å². The van der Waals surface area contributed by atoms with Crippen LogP contribution in [0.15, 0.2) is 24.5 Å². The maximum absolute atomic E-state index is 12.5. The van der Waals surface area contributed by atoms with Crippen molar-refractivity contribution in [1.29, 1.82) is 0 Å². The molecule has 20 heavy (non-hydrogen) atoms. The molecule has 4 heterocycles. The lowest BCUT2D eigenvalue weighted by atomic mass is 10.0. The molecule has 2 fully saturated rings. The molecule has 0 aromatic carbocycles. The van der Waals surface area contributed by atoms with Gasteiger partial charge in [0.2, 0.25) is 5.91 Å². The Morgan fingerprint density at radius 1 is 1.35 bits per heavy atom. The van der Waals surface area contributed by atoms with Crippen LogP contribution in [0.25, 0.3) is 11.0 Å². The van der Waals surface area contributed by atoms with Gasteiger partial charge in [-0.1, -0.05) is 0 Å². The first-order valence-corrected chi connectivity index (χ1v) is 7.21. The van der Waals surface area contributed by atoms with Crippen LogP contribution in [0.3, 0.4) is 0 Å². The van der Waals surface area contributed by atoms with Gasteiger partial charge in [-0.25, -0.2) is 4.98 Å². The summed E-state index contributed by atoms with van der Waals surface area (Å²) in [7, 11) is 0. The van der Waals surface area contributed by atoms with Crippen molar-refractivity contribution in [3.8, 4) is 0 Å². The second kappa shape index (κ2) is 4.59. The molecule has 2 atom stereocenters. The van der Waals surface area contributed by atoms with E-state index in [0.717, 1.165) is 42.8 Å². The second-order valence-corrected chi connectivity index (χ2v) is 5.87. The van der Waals surface area contributed by atoms with Crippen molar-refractivity contribution in [2.45, 2.75) is 6.42 Å². The van der Waals surface area contributed by atoms with E-state index in [1.165, 1.54) is 0 Å². The number of hydrogen-bond donors (Lipinski definition) is 2. The summed E-state index contributed by atoms with van der Waals surface area (Å²) < 4.78 is 0. The van der Waals surface area contributed by atoms with Crippen molar-refractivity contribution in [3.05, 3.63) is 30.1 Å². The van der Waals surface area contributed by atoms with Crippen molar-refractivity contribution in [1.82, 2.24) is 20.2 Å². The maximum atomic E-state index is 12.5. The number of carbonyl (C=O) groups is 1. The Labute approximate surface area is 117 Å². The number of nitrogens with one attached hydrogen (secondary N) is 2. The number of likely N-dealkylation sites (tertiary alicyclic amines) is 1. The molecule has 2 aliphatic heterocycles. The van der Waals surface area contributed by atoms with Gasteiger partial charge in [0.15, 0.2) is 0 Å². The highest BCUT2D eigenvalue weighted by molar-refractivity contribution is 5.87. The van der Waals surface area contributed by atoms with Crippen LogP contribution in [-0.2, 0) is 11.2 Å². The summed E-state index contributed by atoms with van der Waals surface area (Å²) in [5, 5.41) is 4.46. The van der Waals surface area contributed by atoms with Gasteiger partial charge >= 0.3 is 0 Å². The molecule has 0 bridgehead atoms. The predicted octanol–water partition coefficient (Wildman–Crippen LogP) is 0.783. The van der Waals surface area contributed by atoms with Gasteiger partial charge in [-0.15, -0.1) is 0 Å². The van der Waals surface area contributed by atoms with Gasteiger partial charge < -0.3 is 15.2 Å². The van der Waals surface area contributed by atoms with E-state index in [4.69, 9.17) is 0 Å². The first-order chi connectivity index (χ1) is 9.81. The summed E-state index contributed by atoms with van der Waals surface area (Å²) in [5.41, 5.74) is 1.91. The first-order valence-electron chi connectivity index (χ1n) is 7.21. The maximum Gasteiger partial charge on any atom is 0.227 e. The number of H-pyrrole nitrogens is 1. The van der Waals surface area contributed by atoms with Crippen LogP contribution in [0.5, 0.6) is 0 Å². The number of nitrogens with zero attached hydrogens (tertiary/aromatic N) is 2. The lowest BCUT2D eigenvalue weighted by Crippen LogP contribution is -2.32. The van der Waals surface area contributed by atoms with Crippen molar-refractivity contribution in [2.75, 3.05) is 26.2 Å². The average Bonchev–Trinajstić information content (AvgIpc) is 3.12. The average molecular weight is 270 g/mol. The van der Waals surface area contributed by atoms with Crippen LogP contribution in [0.2, 0.25) is 0 Å². The van der Waals surface area contributed by atoms with E-state index in [1.54, 1.807) is 6.20 Å². The Morgan fingerprint density at radius 3 is 2.95 bits per heavy atom. The van der Waals surface area contributed by atoms with Crippen LogP contribution in [0.4, 0.5) is 0 Å². The van der Waals surface area contributed by atoms with E-state index < -0.39 is 0 Å². The standard InChI is InChI=1S/C15H18N4O/c20-14(19-8-11-5-16-6-12(11)9-19)4-10-7-18-15-13(10)2-1-3-17-15/h1-3,7,11-12,16H,4-6,8-9H2,(H,17,18)/t11-,12+. The SMILES string of the molecule is O=C(Cc1c[nH]c2ncccc12)N1C[C@H]2CNC[C@H]2C1. The van der Waals surface area contributed by atoms with Gasteiger partial charge in [-0.2, -0.15) is 0 Å². The third kappa shape index (κ3) is 1.89. The van der Waals surface area contributed by atoms with E-state index >= 15 is 0 Å². The molecule has 2 aromatic heterocycles. The zero-order valence-corrected chi connectivity index (χ0v) is 11.3. The monoisotopic (exact) mass is 270 g/mol. The molecule has 104 valence electrons. The summed E-state index contributed by atoms with van der Waals surface area (Å²) >= 11 is 0. The number of amides is 1. The highest BCUT2D eigenvalue weighted by atomic mass is 16.2. The van der Waals surface area contributed by atoms with E-state index in [9.17, 15) is 4.79 Å². The van der Waals surface area contributed by atoms with Gasteiger partial charge in [0.25, 0.3) is 0 Å². The van der Waals surface area contributed by atoms with Crippen molar-refractivity contribution in [3.63, 3.8) is 0 Å². The quantitative estimate of drug-likeness (QED) is 0.848. The largest absolute Gasteiger partial charge is 0.346 e. The number of hydrogen-bond acceptors (Lipinski definition) is 3. The van der Waals surface area contributed by atoms with Gasteiger partial charge in [0.1, 0.15) is 5.65 Å². The van der Waals surface area contributed by atoms with E-state index in [2.05, 4.69) is 15.3 Å². The Balaban J connectivity index is 1.50. The van der Waals surface area contributed by atoms with Crippen molar-refractivity contribution >= 4 is 16.9 Å². The van der Waals surface area contributed by atoms with Crippen LogP contribution in [0.1, 0.15) is 5.56 Å². The van der Waals surface area contributed by atoms with Gasteiger partial charge in [0.05, 0.1) is 6.42 Å². The topological polar surface area (TPSA) is 61.0 Å². The van der Waals surface area contributed by atoms with Gasteiger partial charge in [-0.3, -0.25) is 4.79 Å². The van der Waals surface area contributed by atoms with E-state index in [0.29, 0.717) is 18.3 Å². The second-order valence-electron chi connectivity index (χ2n) is 5.87. The number of aromatic nitrogens is 2. The predicted molar refractivity (Wildman–Crippen MR) is 76.2 cm³/mol. The third-order valence-electron chi connectivity index (χ3n) is 4.62. The molecule has 0 radical (unpaired) electrons. The highest BCUT2D eigenvalue weighted by Gasteiger charge is 2.37. The fraction of sp³-hybridized carbons (Fsp3) is 0.467. The fourth-order valence-electron chi connectivity index (χ4n) is 3.49. The van der Waals surface area contributed by atoms with E-state index in [1.807, 2.05) is 23.2 Å². The summed E-state index contributed by atoms with van der Waals surface area (Å²) in [6.45, 7) is 3.95. The molecule has 2 N–H and O–H groups in total. The molecule has 0 saturated carbocycles. The van der Waals surface area contributed by atoms with Gasteiger partial charge in [-0.05, 0) is 29.5 Å². The number of rotatable bonds is 2. The fourth-order valence-corrected chi connectivity index (χ4v) is 3.49. The Morgan fingerprint density at radius 2 is 2.15 bits per heavy atom. The normalized spacial score (nSPS) is 25.3. The molecule has 0 spiro atoms. The summed E-state index contributed by atoms with van der Waals surface area (Å²) in [4.78, 5) is 21.9. The summed E-state index contributed by atoms with van der Waals surface area (Å²) in [6, 6.07) is 3.93. The zero-order valence-electron chi connectivity index (χ0n) is 11.3. The molecule has 4 rings (SSSR count). The number of carbonyl (C=O) groups excluding carboxylic acids is 1. The minimum absolute atomic E-state index is 0.240. The molecule has 0 unspecified atom stereocenters. The number of fused-ring (bicyclic) bond motifs is 2. The number of pyridine rings is 1. The van der Waals surface area contributed by atoms with Crippen LogP contribution in [-0.4, -0.2) is 47.0 Å². The molecule has 2 saturated heterocycles. The Bertz CT molecular complexity index is 638. The Hall–Kier alpha value is -1.88. The molecule has 0 aliphatic carbocycles.